The van der Waals surface area contributed by atoms with E-state index in [0.29, 0.717) is 12.8 Å². The fourth-order valence-electron chi connectivity index (χ4n) is 3.02. The molecule has 0 aromatic carbocycles. The molecule has 0 radical (unpaired) electrons. The Balaban J connectivity index is 3.18. The van der Waals surface area contributed by atoms with Gasteiger partial charge < -0.3 is 18.9 Å². The summed E-state index contributed by atoms with van der Waals surface area (Å²) in [5.41, 5.74) is -0.289. The van der Waals surface area contributed by atoms with Gasteiger partial charge in [0.2, 0.25) is 0 Å². The maximum Gasteiger partial charge on any atom is 0.323 e. The maximum absolute atomic E-state index is 12.4. The van der Waals surface area contributed by atoms with E-state index >= 15 is 0 Å². The molecule has 0 amide bonds. The summed E-state index contributed by atoms with van der Waals surface area (Å²) in [6.07, 6.45) is 7.00. The van der Waals surface area contributed by atoms with Crippen LogP contribution in [0.4, 0.5) is 0 Å². The number of allylic oxidation sites excluding steroid dienone is 2. The zero-order valence-corrected chi connectivity index (χ0v) is 13.6. The third-order valence-electron chi connectivity index (χ3n) is 4.08. The maximum atomic E-state index is 12.4. The van der Waals surface area contributed by atoms with Crippen LogP contribution in [0.3, 0.4) is 0 Å². The molecule has 0 bridgehead atoms. The van der Waals surface area contributed by atoms with Crippen molar-refractivity contribution in [3.8, 4) is 0 Å². The second-order valence-electron chi connectivity index (χ2n) is 5.22. The minimum atomic E-state index is -1.36. The van der Waals surface area contributed by atoms with Crippen molar-refractivity contribution >= 4 is 11.9 Å². The second kappa shape index (κ2) is 8.46. The predicted molar refractivity (Wildman–Crippen MR) is 79.7 cm³/mol. The summed E-state index contributed by atoms with van der Waals surface area (Å²) in [5, 5.41) is 0. The van der Waals surface area contributed by atoms with E-state index in [1.165, 1.54) is 27.6 Å². The number of rotatable bonds is 7. The van der Waals surface area contributed by atoms with Gasteiger partial charge in [0.15, 0.2) is 5.41 Å². The fraction of sp³-hybridized carbons (Fsp3) is 0.625. The molecule has 1 atom stereocenters. The molecular weight excluding hydrogens is 288 g/mol. The van der Waals surface area contributed by atoms with Gasteiger partial charge in [-0.25, -0.2) is 0 Å². The molecule has 0 aliphatic heterocycles. The number of esters is 2. The molecule has 0 aromatic rings. The standard InChI is InChI=1S/C16H24O6/c1-19-9-5-8-16(14(17)21-3,15(18)22-4)13-7-6-12(10-13)11-20-2/h5,9,11,13H,6-8,10H2,1-4H3/b9-5+,12-11+. The molecule has 1 fully saturated rings. The van der Waals surface area contributed by atoms with Gasteiger partial charge in [-0.2, -0.15) is 0 Å². The topological polar surface area (TPSA) is 71.1 Å². The van der Waals surface area contributed by atoms with E-state index in [1.807, 2.05) is 0 Å². The van der Waals surface area contributed by atoms with Gasteiger partial charge in [-0.1, -0.05) is 0 Å². The Morgan fingerprint density at radius 3 is 2.27 bits per heavy atom. The van der Waals surface area contributed by atoms with Crippen molar-refractivity contribution in [2.75, 3.05) is 28.4 Å². The quantitative estimate of drug-likeness (QED) is 0.408. The Labute approximate surface area is 131 Å². The summed E-state index contributed by atoms with van der Waals surface area (Å²) in [6, 6.07) is 0. The highest BCUT2D eigenvalue weighted by Gasteiger charge is 2.54. The lowest BCUT2D eigenvalue weighted by molar-refractivity contribution is -0.173. The van der Waals surface area contributed by atoms with Crippen LogP contribution >= 0.6 is 0 Å². The van der Waals surface area contributed by atoms with E-state index in [2.05, 4.69) is 0 Å². The van der Waals surface area contributed by atoms with Gasteiger partial charge in [-0.05, 0) is 43.3 Å². The van der Waals surface area contributed by atoms with Gasteiger partial charge in [0.25, 0.3) is 0 Å². The molecular formula is C16H24O6. The van der Waals surface area contributed by atoms with E-state index in [0.717, 1.165) is 12.0 Å². The number of carbonyl (C=O) groups is 2. The molecule has 0 aromatic heterocycles. The molecule has 1 rings (SSSR count). The van der Waals surface area contributed by atoms with Crippen molar-refractivity contribution in [3.63, 3.8) is 0 Å². The first-order chi connectivity index (χ1) is 10.6. The van der Waals surface area contributed by atoms with Gasteiger partial charge in [0.1, 0.15) is 0 Å². The SMILES string of the molecule is CO/C=C/CC(C(=O)OC)(C(=O)OC)C1CC/C(=C\OC)C1. The minimum absolute atomic E-state index is 0.172. The Morgan fingerprint density at radius 1 is 1.14 bits per heavy atom. The Hall–Kier alpha value is -1.98. The van der Waals surface area contributed by atoms with E-state index in [4.69, 9.17) is 18.9 Å². The molecule has 1 saturated carbocycles. The van der Waals surface area contributed by atoms with Gasteiger partial charge in [-0.15, -0.1) is 0 Å². The van der Waals surface area contributed by atoms with Gasteiger partial charge >= 0.3 is 11.9 Å². The van der Waals surface area contributed by atoms with Crippen molar-refractivity contribution in [3.05, 3.63) is 24.2 Å². The van der Waals surface area contributed by atoms with Gasteiger partial charge in [0, 0.05) is 0 Å². The highest BCUT2D eigenvalue weighted by molar-refractivity contribution is 6.00. The monoisotopic (exact) mass is 312 g/mol. The summed E-state index contributed by atoms with van der Waals surface area (Å²) in [7, 11) is 5.64. The third kappa shape index (κ3) is 3.61. The lowest BCUT2D eigenvalue weighted by Gasteiger charge is -2.32. The summed E-state index contributed by atoms with van der Waals surface area (Å²) in [4.78, 5) is 24.9. The largest absolute Gasteiger partial charge is 0.505 e. The smallest absolute Gasteiger partial charge is 0.323 e. The Morgan fingerprint density at radius 2 is 1.77 bits per heavy atom. The Kier molecular flexibility index (Phi) is 6.95. The highest BCUT2D eigenvalue weighted by atomic mass is 16.5. The molecule has 6 nitrogen and oxygen atoms in total. The predicted octanol–water partition coefficient (Wildman–Crippen LogP) is 2.20. The summed E-state index contributed by atoms with van der Waals surface area (Å²) >= 11 is 0. The number of hydrogen-bond donors (Lipinski definition) is 0. The minimum Gasteiger partial charge on any atom is -0.505 e. The molecule has 0 N–H and O–H groups in total. The van der Waals surface area contributed by atoms with Crippen molar-refractivity contribution in [1.29, 1.82) is 0 Å². The van der Waals surface area contributed by atoms with Crippen LogP contribution in [0.25, 0.3) is 0 Å². The van der Waals surface area contributed by atoms with Crippen LogP contribution in [0.15, 0.2) is 24.2 Å². The average molecular weight is 312 g/mol. The highest BCUT2D eigenvalue weighted by Crippen LogP contribution is 2.46. The van der Waals surface area contributed by atoms with Crippen LogP contribution in [-0.2, 0) is 28.5 Å². The zero-order valence-electron chi connectivity index (χ0n) is 13.6. The van der Waals surface area contributed by atoms with Crippen LogP contribution in [0.1, 0.15) is 25.7 Å². The lowest BCUT2D eigenvalue weighted by Crippen LogP contribution is -2.46. The molecule has 1 aliphatic carbocycles. The normalized spacial score (nSPS) is 20.2. The molecule has 124 valence electrons. The number of ether oxygens (including phenoxy) is 4. The zero-order chi connectivity index (χ0) is 16.6. The summed E-state index contributed by atoms with van der Waals surface area (Å²) in [5.74, 6) is -1.36. The summed E-state index contributed by atoms with van der Waals surface area (Å²) < 4.78 is 19.7. The van der Waals surface area contributed by atoms with Crippen LogP contribution in [0.2, 0.25) is 0 Å². The second-order valence-corrected chi connectivity index (χ2v) is 5.22. The van der Waals surface area contributed by atoms with Crippen LogP contribution in [0.5, 0.6) is 0 Å². The number of methoxy groups -OCH3 is 4. The third-order valence-corrected chi connectivity index (χ3v) is 4.08. The molecule has 0 heterocycles. The van der Waals surface area contributed by atoms with Crippen molar-refractivity contribution in [2.24, 2.45) is 11.3 Å². The number of carbonyl (C=O) groups excluding carboxylic acids is 2. The first kappa shape index (κ1) is 18.1. The van der Waals surface area contributed by atoms with E-state index in [1.54, 1.807) is 19.4 Å². The molecule has 0 saturated heterocycles. The van der Waals surface area contributed by atoms with Crippen molar-refractivity contribution in [2.45, 2.75) is 25.7 Å². The lowest BCUT2D eigenvalue weighted by atomic mass is 9.71. The molecule has 1 unspecified atom stereocenters. The van der Waals surface area contributed by atoms with E-state index in [9.17, 15) is 9.59 Å². The van der Waals surface area contributed by atoms with Crippen LogP contribution in [-0.4, -0.2) is 40.4 Å². The van der Waals surface area contributed by atoms with Gasteiger partial charge in [0.05, 0.1) is 41.0 Å². The van der Waals surface area contributed by atoms with Crippen LogP contribution in [0, 0.1) is 11.3 Å². The van der Waals surface area contributed by atoms with Gasteiger partial charge in [-0.3, -0.25) is 9.59 Å². The van der Waals surface area contributed by atoms with E-state index < -0.39 is 17.4 Å². The summed E-state index contributed by atoms with van der Waals surface area (Å²) in [6.45, 7) is 0. The van der Waals surface area contributed by atoms with Crippen molar-refractivity contribution < 1.29 is 28.5 Å². The first-order valence-corrected chi connectivity index (χ1v) is 7.12. The average Bonchev–Trinajstić information content (AvgIpc) is 2.99. The first-order valence-electron chi connectivity index (χ1n) is 7.12. The number of hydrogen-bond acceptors (Lipinski definition) is 6. The van der Waals surface area contributed by atoms with Crippen molar-refractivity contribution in [1.82, 2.24) is 0 Å². The molecule has 0 spiro atoms. The van der Waals surface area contributed by atoms with Crippen LogP contribution < -0.4 is 0 Å². The molecule has 22 heavy (non-hydrogen) atoms. The molecule has 6 heteroatoms. The Bertz CT molecular complexity index is 436. The fourth-order valence-corrected chi connectivity index (χ4v) is 3.02. The van der Waals surface area contributed by atoms with E-state index in [-0.39, 0.29) is 12.3 Å². The molecule has 1 aliphatic rings.